The van der Waals surface area contributed by atoms with E-state index in [-0.39, 0.29) is 6.04 Å². The summed E-state index contributed by atoms with van der Waals surface area (Å²) in [7, 11) is 0. The molecule has 1 aromatic heterocycles. The maximum atomic E-state index is 6.99. The summed E-state index contributed by atoms with van der Waals surface area (Å²) in [5, 5.41) is 1.79. The normalized spacial score (nSPS) is 12.6. The standard InChI is InChI=1S/C11H9ClN2/c1-7(13-2)10-6-14-11-5-8(12)3-4-9(10)11/h3-7,14H,1H3. The molecule has 0 aliphatic carbocycles. The van der Waals surface area contributed by atoms with E-state index in [4.69, 9.17) is 18.2 Å². The largest absolute Gasteiger partial charge is 0.361 e. The summed E-state index contributed by atoms with van der Waals surface area (Å²) in [6.45, 7) is 8.88. The van der Waals surface area contributed by atoms with Crippen LogP contribution in [0.3, 0.4) is 0 Å². The Morgan fingerprint density at radius 2 is 2.29 bits per heavy atom. The zero-order valence-corrected chi connectivity index (χ0v) is 8.47. The first-order valence-corrected chi connectivity index (χ1v) is 4.73. The maximum Gasteiger partial charge on any atom is 0.248 e. The van der Waals surface area contributed by atoms with Gasteiger partial charge in [0.15, 0.2) is 0 Å². The molecule has 2 rings (SSSR count). The fourth-order valence-corrected chi connectivity index (χ4v) is 1.71. The lowest BCUT2D eigenvalue weighted by molar-refractivity contribution is 0.972. The number of benzene rings is 1. The third kappa shape index (κ3) is 1.36. The summed E-state index contributed by atoms with van der Waals surface area (Å²) >= 11 is 5.86. The molecule has 0 aliphatic rings. The number of hydrogen-bond donors (Lipinski definition) is 1. The van der Waals surface area contributed by atoms with Crippen molar-refractivity contribution >= 4 is 22.5 Å². The lowest BCUT2D eigenvalue weighted by Gasteiger charge is -1.96. The van der Waals surface area contributed by atoms with Crippen molar-refractivity contribution in [3.8, 4) is 0 Å². The predicted molar refractivity (Wildman–Crippen MR) is 58.3 cm³/mol. The summed E-state index contributed by atoms with van der Waals surface area (Å²) in [5.74, 6) is 0. The molecular weight excluding hydrogens is 196 g/mol. The van der Waals surface area contributed by atoms with Crippen LogP contribution >= 0.6 is 11.6 Å². The van der Waals surface area contributed by atoms with E-state index in [1.807, 2.05) is 31.3 Å². The van der Waals surface area contributed by atoms with Crippen LogP contribution in [0.4, 0.5) is 0 Å². The van der Waals surface area contributed by atoms with Crippen molar-refractivity contribution in [2.75, 3.05) is 0 Å². The van der Waals surface area contributed by atoms with Crippen LogP contribution in [0.2, 0.25) is 5.02 Å². The van der Waals surface area contributed by atoms with Gasteiger partial charge in [0, 0.05) is 29.0 Å². The van der Waals surface area contributed by atoms with E-state index in [0.29, 0.717) is 5.02 Å². The number of H-pyrrole nitrogens is 1. The molecular formula is C11H9ClN2. The highest BCUT2D eigenvalue weighted by atomic mass is 35.5. The number of aromatic nitrogens is 1. The molecule has 2 aromatic rings. The van der Waals surface area contributed by atoms with E-state index < -0.39 is 0 Å². The van der Waals surface area contributed by atoms with Gasteiger partial charge >= 0.3 is 0 Å². The van der Waals surface area contributed by atoms with Crippen molar-refractivity contribution in [3.05, 3.63) is 46.4 Å². The van der Waals surface area contributed by atoms with Crippen LogP contribution in [-0.2, 0) is 0 Å². The number of aromatic amines is 1. The molecule has 1 aromatic carbocycles. The van der Waals surface area contributed by atoms with Crippen molar-refractivity contribution in [1.29, 1.82) is 0 Å². The molecule has 1 N–H and O–H groups in total. The van der Waals surface area contributed by atoms with E-state index in [2.05, 4.69) is 9.83 Å². The highest BCUT2D eigenvalue weighted by Crippen LogP contribution is 2.27. The predicted octanol–water partition coefficient (Wildman–Crippen LogP) is 3.80. The van der Waals surface area contributed by atoms with Gasteiger partial charge in [0.05, 0.1) is 5.56 Å². The molecule has 0 amide bonds. The van der Waals surface area contributed by atoms with Gasteiger partial charge in [0.25, 0.3) is 0 Å². The molecule has 0 bridgehead atoms. The third-order valence-corrected chi connectivity index (χ3v) is 2.55. The lowest BCUT2D eigenvalue weighted by Crippen LogP contribution is -1.83. The fraction of sp³-hybridized carbons (Fsp3) is 0.182. The number of halogens is 1. The van der Waals surface area contributed by atoms with E-state index >= 15 is 0 Å². The van der Waals surface area contributed by atoms with Crippen molar-refractivity contribution < 1.29 is 0 Å². The molecule has 0 spiro atoms. The molecule has 0 saturated heterocycles. The number of nitrogens with zero attached hydrogens (tertiary/aromatic N) is 1. The quantitative estimate of drug-likeness (QED) is 0.682. The second kappa shape index (κ2) is 3.36. The number of nitrogens with one attached hydrogen (secondary N) is 1. The molecule has 1 atom stereocenters. The van der Waals surface area contributed by atoms with E-state index in [9.17, 15) is 0 Å². The van der Waals surface area contributed by atoms with Crippen LogP contribution in [0.25, 0.3) is 15.7 Å². The van der Waals surface area contributed by atoms with Gasteiger partial charge in [0.1, 0.15) is 0 Å². The topological polar surface area (TPSA) is 20.1 Å². The molecule has 0 fully saturated rings. The summed E-state index contributed by atoms with van der Waals surface area (Å²) in [6, 6.07) is 5.56. The number of rotatable bonds is 1. The second-order valence-electron chi connectivity index (χ2n) is 3.24. The molecule has 0 aliphatic heterocycles. The summed E-state index contributed by atoms with van der Waals surface area (Å²) in [5.41, 5.74) is 2.02. The van der Waals surface area contributed by atoms with Crippen LogP contribution in [0.1, 0.15) is 18.5 Å². The van der Waals surface area contributed by atoms with Crippen LogP contribution < -0.4 is 0 Å². The van der Waals surface area contributed by atoms with Crippen molar-refractivity contribution in [2.45, 2.75) is 13.0 Å². The van der Waals surface area contributed by atoms with Gasteiger partial charge in [-0.2, -0.15) is 0 Å². The minimum Gasteiger partial charge on any atom is -0.361 e. The Balaban J connectivity index is 2.65. The van der Waals surface area contributed by atoms with Gasteiger partial charge < -0.3 is 9.83 Å². The minimum absolute atomic E-state index is 0.107. The number of hydrogen-bond acceptors (Lipinski definition) is 0. The van der Waals surface area contributed by atoms with Gasteiger partial charge in [-0.1, -0.05) is 17.7 Å². The molecule has 14 heavy (non-hydrogen) atoms. The monoisotopic (exact) mass is 204 g/mol. The number of fused-ring (bicyclic) bond motifs is 1. The Hall–Kier alpha value is -1.46. The smallest absolute Gasteiger partial charge is 0.248 e. The van der Waals surface area contributed by atoms with E-state index in [1.165, 1.54) is 0 Å². The zero-order valence-electron chi connectivity index (χ0n) is 7.71. The third-order valence-electron chi connectivity index (χ3n) is 2.32. The Morgan fingerprint density at radius 3 is 3.00 bits per heavy atom. The molecule has 2 nitrogen and oxygen atoms in total. The molecule has 3 heteroatoms. The second-order valence-corrected chi connectivity index (χ2v) is 3.68. The van der Waals surface area contributed by atoms with Gasteiger partial charge in [-0.3, -0.25) is 0 Å². The Kier molecular flexibility index (Phi) is 2.18. The van der Waals surface area contributed by atoms with Crippen molar-refractivity contribution in [2.24, 2.45) is 0 Å². The Bertz CT molecular complexity index is 507. The highest BCUT2D eigenvalue weighted by Gasteiger charge is 2.13. The van der Waals surface area contributed by atoms with E-state index in [1.54, 1.807) is 0 Å². The van der Waals surface area contributed by atoms with Crippen LogP contribution in [0.15, 0.2) is 24.4 Å². The van der Waals surface area contributed by atoms with Gasteiger partial charge in [0.2, 0.25) is 6.04 Å². The molecule has 1 heterocycles. The molecule has 70 valence electrons. The lowest BCUT2D eigenvalue weighted by atomic mass is 10.1. The minimum atomic E-state index is -0.107. The van der Waals surface area contributed by atoms with E-state index in [0.717, 1.165) is 16.5 Å². The fourth-order valence-electron chi connectivity index (χ4n) is 1.54. The highest BCUT2D eigenvalue weighted by molar-refractivity contribution is 6.31. The molecule has 0 radical (unpaired) electrons. The summed E-state index contributed by atoms with van der Waals surface area (Å²) < 4.78 is 0. The average Bonchev–Trinajstić information content (AvgIpc) is 2.59. The first-order chi connectivity index (χ1) is 6.72. The average molecular weight is 205 g/mol. The SMILES string of the molecule is [C-]#[N+]C(C)c1c[nH]c2cc(Cl)ccc12. The molecule has 1 unspecified atom stereocenters. The Morgan fingerprint density at radius 1 is 1.50 bits per heavy atom. The van der Waals surface area contributed by atoms with Crippen molar-refractivity contribution in [3.63, 3.8) is 0 Å². The Labute approximate surface area is 87.3 Å². The van der Waals surface area contributed by atoms with Crippen molar-refractivity contribution in [1.82, 2.24) is 4.98 Å². The van der Waals surface area contributed by atoms with Gasteiger partial charge in [-0.15, -0.1) is 0 Å². The first kappa shape index (κ1) is 9.11. The van der Waals surface area contributed by atoms with Crippen LogP contribution in [0.5, 0.6) is 0 Å². The first-order valence-electron chi connectivity index (χ1n) is 4.35. The molecule has 0 saturated carbocycles. The van der Waals surface area contributed by atoms with Crippen LogP contribution in [-0.4, -0.2) is 4.98 Å². The maximum absolute atomic E-state index is 6.99. The summed E-state index contributed by atoms with van der Waals surface area (Å²) in [4.78, 5) is 6.62. The van der Waals surface area contributed by atoms with Gasteiger partial charge in [-0.05, 0) is 12.1 Å². The summed E-state index contributed by atoms with van der Waals surface area (Å²) in [6.07, 6.45) is 1.88. The zero-order chi connectivity index (χ0) is 10.1. The van der Waals surface area contributed by atoms with Gasteiger partial charge in [-0.25, -0.2) is 6.57 Å². The van der Waals surface area contributed by atoms with Crippen LogP contribution in [0, 0.1) is 6.57 Å².